The number of benzene rings is 2. The second-order valence-electron chi connectivity index (χ2n) is 9.08. The normalized spacial score (nSPS) is 18.0. The first-order valence-corrected chi connectivity index (χ1v) is 12.1. The summed E-state index contributed by atoms with van der Waals surface area (Å²) in [6.07, 6.45) is 3.14. The highest BCUT2D eigenvalue weighted by Gasteiger charge is 2.46. The summed E-state index contributed by atoms with van der Waals surface area (Å²) in [6.45, 7) is -0.874. The standard InChI is InChI=1S/C26H24N4O8/c31-20-10-9-18(24(34)27-20)30-25(35)17-5-2-6-19(23(17)26(30)36)38-13-22(33)29-28-21(32)12-37-16-8-7-14-3-1-4-15(14)11-16/h2,5-8,11,18H,1,3-4,9-10,12-13H2,(H,28,32)(H,29,33)(H,27,31,34). The molecular weight excluding hydrogens is 496 g/mol. The molecular formula is C26H24N4O8. The predicted octanol–water partition coefficient (Wildman–Crippen LogP) is 0.182. The number of rotatable bonds is 7. The Morgan fingerprint density at radius 1 is 0.895 bits per heavy atom. The molecule has 0 saturated carbocycles. The van der Waals surface area contributed by atoms with Crippen LogP contribution in [0.5, 0.6) is 11.5 Å². The maximum Gasteiger partial charge on any atom is 0.276 e. The van der Waals surface area contributed by atoms with Crippen molar-refractivity contribution in [3.8, 4) is 11.5 Å². The van der Waals surface area contributed by atoms with Crippen LogP contribution in [0.2, 0.25) is 0 Å². The van der Waals surface area contributed by atoms with Crippen molar-refractivity contribution in [1.82, 2.24) is 21.1 Å². The SMILES string of the molecule is O=C(COc1ccc2c(c1)CCC2)NNC(=O)COc1cccc2c1C(=O)N(C1CCC(=O)NC1=O)C2=O. The fourth-order valence-corrected chi connectivity index (χ4v) is 4.75. The van der Waals surface area contributed by atoms with Crippen molar-refractivity contribution in [2.45, 2.75) is 38.1 Å². The van der Waals surface area contributed by atoms with Crippen LogP contribution < -0.4 is 25.6 Å². The highest BCUT2D eigenvalue weighted by atomic mass is 16.5. The largest absolute Gasteiger partial charge is 0.484 e. The van der Waals surface area contributed by atoms with Gasteiger partial charge in [0.15, 0.2) is 13.2 Å². The number of carbonyl (C=O) groups is 6. The summed E-state index contributed by atoms with van der Waals surface area (Å²) in [4.78, 5) is 74.7. The molecule has 1 unspecified atom stereocenters. The Morgan fingerprint density at radius 3 is 2.39 bits per heavy atom. The fourth-order valence-electron chi connectivity index (χ4n) is 4.75. The van der Waals surface area contributed by atoms with Gasteiger partial charge in [0.25, 0.3) is 23.6 Å². The van der Waals surface area contributed by atoms with Gasteiger partial charge in [0.1, 0.15) is 17.5 Å². The van der Waals surface area contributed by atoms with Gasteiger partial charge in [-0.2, -0.15) is 0 Å². The molecule has 38 heavy (non-hydrogen) atoms. The van der Waals surface area contributed by atoms with Gasteiger partial charge in [0.05, 0.1) is 11.1 Å². The predicted molar refractivity (Wildman–Crippen MR) is 129 cm³/mol. The second kappa shape index (κ2) is 10.3. The molecule has 0 bridgehead atoms. The molecule has 1 aliphatic carbocycles. The topological polar surface area (TPSA) is 160 Å². The number of fused-ring (bicyclic) bond motifs is 2. The number of ether oxygens (including phenoxy) is 2. The van der Waals surface area contributed by atoms with Crippen molar-refractivity contribution < 1.29 is 38.2 Å². The molecule has 6 amide bonds. The number of nitrogens with zero attached hydrogens (tertiary/aromatic N) is 1. The van der Waals surface area contributed by atoms with Crippen LogP contribution in [0.4, 0.5) is 0 Å². The lowest BCUT2D eigenvalue weighted by Gasteiger charge is -2.27. The lowest BCUT2D eigenvalue weighted by Crippen LogP contribution is -2.54. The van der Waals surface area contributed by atoms with E-state index < -0.39 is 48.1 Å². The van der Waals surface area contributed by atoms with Crippen molar-refractivity contribution in [1.29, 1.82) is 0 Å². The molecule has 2 aromatic rings. The van der Waals surface area contributed by atoms with E-state index in [9.17, 15) is 28.8 Å². The van der Waals surface area contributed by atoms with E-state index in [-0.39, 0.29) is 36.3 Å². The Bertz CT molecular complexity index is 1370. The van der Waals surface area contributed by atoms with Crippen LogP contribution in [0.25, 0.3) is 0 Å². The monoisotopic (exact) mass is 520 g/mol. The third-order valence-corrected chi connectivity index (χ3v) is 6.57. The average molecular weight is 520 g/mol. The van der Waals surface area contributed by atoms with Crippen LogP contribution in [0.3, 0.4) is 0 Å². The summed E-state index contributed by atoms with van der Waals surface area (Å²) in [6, 6.07) is 8.87. The molecule has 12 heteroatoms. The zero-order chi connectivity index (χ0) is 26.8. The summed E-state index contributed by atoms with van der Waals surface area (Å²) < 4.78 is 10.9. The van der Waals surface area contributed by atoms with E-state index in [0.717, 1.165) is 24.2 Å². The molecule has 2 heterocycles. The van der Waals surface area contributed by atoms with Crippen LogP contribution in [0.15, 0.2) is 36.4 Å². The minimum Gasteiger partial charge on any atom is -0.484 e. The molecule has 0 spiro atoms. The van der Waals surface area contributed by atoms with Gasteiger partial charge in [-0.15, -0.1) is 0 Å². The summed E-state index contributed by atoms with van der Waals surface area (Å²) in [7, 11) is 0. The third kappa shape index (κ3) is 4.92. The molecule has 1 fully saturated rings. The number of piperidine rings is 1. The number of carbonyl (C=O) groups excluding carboxylic acids is 6. The van der Waals surface area contributed by atoms with Gasteiger partial charge < -0.3 is 9.47 Å². The van der Waals surface area contributed by atoms with Gasteiger partial charge in [-0.1, -0.05) is 12.1 Å². The molecule has 3 aliphatic rings. The van der Waals surface area contributed by atoms with Crippen LogP contribution >= 0.6 is 0 Å². The lowest BCUT2D eigenvalue weighted by molar-refractivity contribution is -0.136. The number of hydrogen-bond donors (Lipinski definition) is 3. The van der Waals surface area contributed by atoms with Gasteiger partial charge in [0.2, 0.25) is 11.8 Å². The lowest BCUT2D eigenvalue weighted by atomic mass is 10.0. The summed E-state index contributed by atoms with van der Waals surface area (Å²) >= 11 is 0. The van der Waals surface area contributed by atoms with Crippen molar-refractivity contribution >= 4 is 35.4 Å². The van der Waals surface area contributed by atoms with Crippen molar-refractivity contribution in [3.63, 3.8) is 0 Å². The number of nitrogens with one attached hydrogen (secondary N) is 3. The molecule has 12 nitrogen and oxygen atoms in total. The van der Waals surface area contributed by atoms with Gasteiger partial charge in [-0.3, -0.25) is 49.8 Å². The first-order valence-electron chi connectivity index (χ1n) is 12.1. The minimum absolute atomic E-state index is 0.00256. The highest BCUT2D eigenvalue weighted by molar-refractivity contribution is 6.24. The molecule has 1 saturated heterocycles. The number of hydrazine groups is 1. The van der Waals surface area contributed by atoms with E-state index in [4.69, 9.17) is 9.47 Å². The Morgan fingerprint density at radius 2 is 1.63 bits per heavy atom. The zero-order valence-electron chi connectivity index (χ0n) is 20.2. The molecule has 2 aromatic carbocycles. The van der Waals surface area contributed by atoms with Crippen molar-refractivity contribution in [2.75, 3.05) is 13.2 Å². The molecule has 196 valence electrons. The Labute approximate surface area is 216 Å². The Kier molecular flexibility index (Phi) is 6.77. The average Bonchev–Trinajstić information content (AvgIpc) is 3.47. The first kappa shape index (κ1) is 24.9. The van der Waals surface area contributed by atoms with Crippen molar-refractivity contribution in [3.05, 3.63) is 58.7 Å². The molecule has 1 atom stereocenters. The molecule has 0 aromatic heterocycles. The van der Waals surface area contributed by atoms with Gasteiger partial charge >= 0.3 is 0 Å². The maximum atomic E-state index is 13.1. The van der Waals surface area contributed by atoms with Crippen LogP contribution in [-0.2, 0) is 32.0 Å². The van der Waals surface area contributed by atoms with Gasteiger partial charge in [-0.25, -0.2) is 0 Å². The van der Waals surface area contributed by atoms with E-state index in [1.807, 2.05) is 12.1 Å². The number of hydrogen-bond acceptors (Lipinski definition) is 8. The van der Waals surface area contributed by atoms with Crippen molar-refractivity contribution in [2.24, 2.45) is 0 Å². The third-order valence-electron chi connectivity index (χ3n) is 6.57. The number of imide groups is 2. The van der Waals surface area contributed by atoms with Crippen LogP contribution in [0, 0.1) is 0 Å². The zero-order valence-corrected chi connectivity index (χ0v) is 20.2. The molecule has 3 N–H and O–H groups in total. The van der Waals surface area contributed by atoms with E-state index in [0.29, 0.717) is 5.75 Å². The van der Waals surface area contributed by atoms with Crippen LogP contribution in [0.1, 0.15) is 51.1 Å². The van der Waals surface area contributed by atoms with Gasteiger partial charge in [-0.05, 0) is 61.1 Å². The quantitative estimate of drug-likeness (QED) is 0.344. The molecule has 5 rings (SSSR count). The molecule has 0 radical (unpaired) electrons. The highest BCUT2D eigenvalue weighted by Crippen LogP contribution is 2.33. The summed E-state index contributed by atoms with van der Waals surface area (Å²) in [5, 5.41) is 2.13. The van der Waals surface area contributed by atoms with E-state index in [2.05, 4.69) is 16.2 Å². The van der Waals surface area contributed by atoms with Gasteiger partial charge in [0, 0.05) is 6.42 Å². The minimum atomic E-state index is -1.12. The smallest absolute Gasteiger partial charge is 0.276 e. The molecule has 2 aliphatic heterocycles. The van der Waals surface area contributed by atoms with Crippen LogP contribution in [-0.4, -0.2) is 59.6 Å². The fraction of sp³-hybridized carbons (Fsp3) is 0.308. The maximum absolute atomic E-state index is 13.1. The van der Waals surface area contributed by atoms with E-state index in [1.165, 1.54) is 29.3 Å². The van der Waals surface area contributed by atoms with E-state index >= 15 is 0 Å². The van der Waals surface area contributed by atoms with E-state index in [1.54, 1.807) is 6.07 Å². The summed E-state index contributed by atoms with van der Waals surface area (Å²) in [5.74, 6) is -3.41. The first-order chi connectivity index (χ1) is 18.3. The Hall–Kier alpha value is -4.74. The number of amides is 6. The second-order valence-corrected chi connectivity index (χ2v) is 9.08. The number of aryl methyl sites for hydroxylation is 2. The Balaban J connectivity index is 1.13. The summed E-state index contributed by atoms with van der Waals surface area (Å²) in [5.41, 5.74) is 6.86.